The summed E-state index contributed by atoms with van der Waals surface area (Å²) < 4.78 is 53.1. The third kappa shape index (κ3) is 6.36. The highest BCUT2D eigenvalue weighted by molar-refractivity contribution is 5.83. The van der Waals surface area contributed by atoms with Crippen molar-refractivity contribution >= 4 is 11.8 Å². The molecule has 4 nitrogen and oxygen atoms in total. The topological polar surface area (TPSA) is 52.6 Å². The van der Waals surface area contributed by atoms with Gasteiger partial charge < -0.3 is 9.47 Å². The van der Waals surface area contributed by atoms with E-state index in [2.05, 4.69) is 0 Å². The fraction of sp³-hybridized carbons (Fsp3) is 0.286. The number of methoxy groups -OCH3 is 1. The number of carbonyl (C=O) groups excluding carboxylic acids is 2. The highest BCUT2D eigenvalue weighted by Crippen LogP contribution is 2.44. The molecular weight excluding hydrogens is 457 g/mol. The summed E-state index contributed by atoms with van der Waals surface area (Å²) in [6.07, 6.45) is -5.18. The number of Topliss-reactive ketones (excluding diaryl/α,β-unsaturated/α-hetero) is 1. The van der Waals surface area contributed by atoms with Gasteiger partial charge in [-0.05, 0) is 24.0 Å². The van der Waals surface area contributed by atoms with E-state index in [-0.39, 0.29) is 30.6 Å². The summed E-state index contributed by atoms with van der Waals surface area (Å²) in [5.74, 6) is -1.65. The van der Waals surface area contributed by atoms with Crippen molar-refractivity contribution in [2.45, 2.75) is 43.6 Å². The Labute approximate surface area is 202 Å². The second-order valence-electron chi connectivity index (χ2n) is 8.12. The molecule has 0 spiro atoms. The highest BCUT2D eigenvalue weighted by Gasteiger charge is 2.64. The minimum Gasteiger partial charge on any atom is -0.455 e. The van der Waals surface area contributed by atoms with E-state index in [0.29, 0.717) is 12.0 Å². The second kappa shape index (κ2) is 11.8. The minimum absolute atomic E-state index is 0.0514. The third-order valence-electron chi connectivity index (χ3n) is 5.81. The molecular formula is C28H27F3O4. The van der Waals surface area contributed by atoms with Crippen molar-refractivity contribution in [3.8, 4) is 0 Å². The summed E-state index contributed by atoms with van der Waals surface area (Å²) in [5.41, 5.74) is -2.16. The van der Waals surface area contributed by atoms with Crippen molar-refractivity contribution < 1.29 is 32.2 Å². The number of halogens is 3. The number of ether oxygens (including phenoxy) is 2. The zero-order valence-electron chi connectivity index (χ0n) is 19.3. The van der Waals surface area contributed by atoms with Crippen LogP contribution < -0.4 is 0 Å². The molecule has 35 heavy (non-hydrogen) atoms. The molecule has 1 unspecified atom stereocenters. The van der Waals surface area contributed by atoms with Gasteiger partial charge >= 0.3 is 12.1 Å². The number of benzene rings is 3. The molecule has 0 amide bonds. The molecule has 3 aromatic carbocycles. The molecule has 0 saturated carbocycles. The van der Waals surface area contributed by atoms with E-state index in [1.54, 1.807) is 36.4 Å². The van der Waals surface area contributed by atoms with Crippen LogP contribution in [0.5, 0.6) is 0 Å². The Morgan fingerprint density at radius 1 is 0.800 bits per heavy atom. The van der Waals surface area contributed by atoms with Gasteiger partial charge in [0.1, 0.15) is 11.9 Å². The summed E-state index contributed by atoms with van der Waals surface area (Å²) in [5, 5.41) is 0. The molecule has 0 N–H and O–H groups in total. The molecule has 184 valence electrons. The first kappa shape index (κ1) is 26.2. The number of hydrogen-bond acceptors (Lipinski definition) is 4. The summed E-state index contributed by atoms with van der Waals surface area (Å²) in [7, 11) is 0.826. The first-order chi connectivity index (χ1) is 16.8. The van der Waals surface area contributed by atoms with Gasteiger partial charge in [-0.2, -0.15) is 13.2 Å². The number of rotatable bonds is 11. The molecule has 0 heterocycles. The molecule has 0 bridgehead atoms. The predicted molar refractivity (Wildman–Crippen MR) is 125 cm³/mol. The van der Waals surface area contributed by atoms with Gasteiger partial charge in [-0.15, -0.1) is 0 Å². The first-order valence-corrected chi connectivity index (χ1v) is 11.3. The molecule has 0 aliphatic heterocycles. The summed E-state index contributed by atoms with van der Waals surface area (Å²) in [6, 6.07) is 24.6. The predicted octanol–water partition coefficient (Wildman–Crippen LogP) is 6.36. The smallest absolute Gasteiger partial charge is 0.432 e. The zero-order valence-corrected chi connectivity index (χ0v) is 19.3. The number of esters is 1. The molecule has 0 fully saturated rings. The van der Waals surface area contributed by atoms with Gasteiger partial charge in [0.05, 0.1) is 0 Å². The van der Waals surface area contributed by atoms with Gasteiger partial charge in [-0.1, -0.05) is 91.0 Å². The maximum atomic E-state index is 14.3. The molecule has 0 aromatic heterocycles. The lowest BCUT2D eigenvalue weighted by Gasteiger charge is -2.34. The van der Waals surface area contributed by atoms with Crippen LogP contribution in [0.25, 0.3) is 0 Å². The van der Waals surface area contributed by atoms with E-state index < -0.39 is 23.9 Å². The molecule has 2 atom stereocenters. The quantitative estimate of drug-likeness (QED) is 0.297. The Morgan fingerprint density at radius 2 is 1.34 bits per heavy atom. The Balaban J connectivity index is 1.79. The normalized spacial score (nSPS) is 14.1. The molecule has 0 saturated heterocycles. The van der Waals surface area contributed by atoms with Crippen LogP contribution in [0.4, 0.5) is 13.2 Å². The summed E-state index contributed by atoms with van der Waals surface area (Å²) in [6.45, 7) is 0. The standard InChI is InChI=1S/C28H27F3O4/c1-34-27(28(29,30)31,23-15-9-4-10-16-23)26(33)35-25(22-13-7-3-8-14-22)20-19-24(32)18-17-21-11-5-2-6-12-21/h2-16,25H,17-20H2,1H3/t25-,27?/m1/s1. The van der Waals surface area contributed by atoms with Crippen LogP contribution in [0.15, 0.2) is 91.0 Å². The van der Waals surface area contributed by atoms with Crippen LogP contribution in [0, 0.1) is 0 Å². The lowest BCUT2D eigenvalue weighted by atomic mass is 9.92. The lowest BCUT2D eigenvalue weighted by Crippen LogP contribution is -2.52. The fourth-order valence-electron chi connectivity index (χ4n) is 3.91. The van der Waals surface area contributed by atoms with Crippen LogP contribution >= 0.6 is 0 Å². The molecule has 3 aromatic rings. The lowest BCUT2D eigenvalue weighted by molar-refractivity contribution is -0.278. The number of ketones is 1. The minimum atomic E-state index is -5.08. The van der Waals surface area contributed by atoms with Gasteiger partial charge in [0.2, 0.25) is 0 Å². The average Bonchev–Trinajstić information content (AvgIpc) is 2.87. The SMILES string of the molecule is COC(C(=O)O[C@H](CCC(=O)CCc1ccccc1)c1ccccc1)(c1ccccc1)C(F)(F)F. The van der Waals surface area contributed by atoms with E-state index in [0.717, 1.165) is 12.7 Å². The summed E-state index contributed by atoms with van der Waals surface area (Å²) >= 11 is 0. The van der Waals surface area contributed by atoms with Gasteiger partial charge in [0.25, 0.3) is 5.60 Å². The van der Waals surface area contributed by atoms with Crippen LogP contribution in [0.2, 0.25) is 0 Å². The van der Waals surface area contributed by atoms with E-state index in [9.17, 15) is 22.8 Å². The van der Waals surface area contributed by atoms with Crippen LogP contribution in [-0.4, -0.2) is 25.0 Å². The first-order valence-electron chi connectivity index (χ1n) is 11.3. The molecule has 0 aliphatic rings. The average molecular weight is 485 g/mol. The highest BCUT2D eigenvalue weighted by atomic mass is 19.4. The fourth-order valence-corrected chi connectivity index (χ4v) is 3.91. The van der Waals surface area contributed by atoms with Crippen molar-refractivity contribution in [3.63, 3.8) is 0 Å². The van der Waals surface area contributed by atoms with Gasteiger partial charge in [0, 0.05) is 25.5 Å². The number of carbonyl (C=O) groups is 2. The molecule has 0 radical (unpaired) electrons. The Morgan fingerprint density at radius 3 is 1.89 bits per heavy atom. The van der Waals surface area contributed by atoms with E-state index in [1.807, 2.05) is 30.3 Å². The van der Waals surface area contributed by atoms with Gasteiger partial charge in [-0.3, -0.25) is 4.79 Å². The van der Waals surface area contributed by atoms with Crippen LogP contribution in [-0.2, 0) is 31.1 Å². The molecule has 7 heteroatoms. The second-order valence-corrected chi connectivity index (χ2v) is 8.12. The Hall–Kier alpha value is -3.45. The van der Waals surface area contributed by atoms with E-state index >= 15 is 0 Å². The number of alkyl halides is 3. The molecule has 3 rings (SSSR count). The monoisotopic (exact) mass is 484 g/mol. The van der Waals surface area contributed by atoms with Gasteiger partial charge in [-0.25, -0.2) is 4.79 Å². The van der Waals surface area contributed by atoms with E-state index in [4.69, 9.17) is 9.47 Å². The van der Waals surface area contributed by atoms with Crippen molar-refractivity contribution in [1.29, 1.82) is 0 Å². The molecule has 0 aliphatic carbocycles. The van der Waals surface area contributed by atoms with Gasteiger partial charge in [0.15, 0.2) is 0 Å². The summed E-state index contributed by atoms with van der Waals surface area (Å²) in [4.78, 5) is 25.7. The Kier molecular flexibility index (Phi) is 8.82. The van der Waals surface area contributed by atoms with Crippen molar-refractivity contribution in [2.75, 3.05) is 7.11 Å². The van der Waals surface area contributed by atoms with Crippen molar-refractivity contribution in [3.05, 3.63) is 108 Å². The van der Waals surface area contributed by atoms with Crippen molar-refractivity contribution in [2.24, 2.45) is 0 Å². The largest absolute Gasteiger partial charge is 0.455 e. The Bertz CT molecular complexity index is 1090. The van der Waals surface area contributed by atoms with Crippen LogP contribution in [0.3, 0.4) is 0 Å². The van der Waals surface area contributed by atoms with Crippen molar-refractivity contribution in [1.82, 2.24) is 0 Å². The maximum absolute atomic E-state index is 14.3. The number of hydrogen-bond donors (Lipinski definition) is 0. The van der Waals surface area contributed by atoms with Crippen LogP contribution in [0.1, 0.15) is 42.1 Å². The number of aryl methyl sites for hydroxylation is 1. The maximum Gasteiger partial charge on any atom is 0.432 e. The third-order valence-corrected chi connectivity index (χ3v) is 5.81. The van der Waals surface area contributed by atoms with E-state index in [1.165, 1.54) is 24.3 Å². The zero-order chi connectivity index (χ0) is 25.3.